The van der Waals surface area contributed by atoms with Gasteiger partial charge in [-0.15, -0.1) is 0 Å². The van der Waals surface area contributed by atoms with E-state index in [0.717, 1.165) is 42.0 Å². The number of nitrogens with one attached hydrogen (secondary N) is 1. The monoisotopic (exact) mass is 268 g/mol. The molecular formula is C16H20N4. The summed E-state index contributed by atoms with van der Waals surface area (Å²) in [6, 6.07) is 12.2. The van der Waals surface area contributed by atoms with Crippen molar-refractivity contribution in [3.8, 4) is 11.4 Å². The van der Waals surface area contributed by atoms with Crippen molar-refractivity contribution in [2.75, 3.05) is 30.4 Å². The SMILES string of the molecule is CNc1cc(N2CCC(C)C2)nc(-c2ccccc2)n1. The predicted molar refractivity (Wildman–Crippen MR) is 83.0 cm³/mol. The van der Waals surface area contributed by atoms with E-state index in [1.165, 1.54) is 6.42 Å². The first-order chi connectivity index (χ1) is 9.76. The van der Waals surface area contributed by atoms with Gasteiger partial charge in [-0.25, -0.2) is 9.97 Å². The van der Waals surface area contributed by atoms with E-state index in [-0.39, 0.29) is 0 Å². The van der Waals surface area contributed by atoms with Crippen molar-refractivity contribution < 1.29 is 0 Å². The number of anilines is 2. The van der Waals surface area contributed by atoms with Crippen LogP contribution in [0.4, 0.5) is 11.6 Å². The van der Waals surface area contributed by atoms with Crippen LogP contribution in [0.3, 0.4) is 0 Å². The molecule has 0 spiro atoms. The molecule has 1 aromatic heterocycles. The predicted octanol–water partition coefficient (Wildman–Crippen LogP) is 3.03. The van der Waals surface area contributed by atoms with E-state index >= 15 is 0 Å². The first-order valence-corrected chi connectivity index (χ1v) is 7.13. The van der Waals surface area contributed by atoms with E-state index in [1.54, 1.807) is 0 Å². The molecule has 1 aliphatic heterocycles. The molecule has 2 aromatic rings. The van der Waals surface area contributed by atoms with Crippen LogP contribution in [0.15, 0.2) is 36.4 Å². The van der Waals surface area contributed by atoms with Gasteiger partial charge in [0.05, 0.1) is 0 Å². The fourth-order valence-corrected chi connectivity index (χ4v) is 2.58. The summed E-state index contributed by atoms with van der Waals surface area (Å²) in [4.78, 5) is 11.7. The molecule has 1 saturated heterocycles. The molecule has 4 nitrogen and oxygen atoms in total. The highest BCUT2D eigenvalue weighted by Crippen LogP contribution is 2.26. The van der Waals surface area contributed by atoms with Crippen LogP contribution in [-0.2, 0) is 0 Å². The summed E-state index contributed by atoms with van der Waals surface area (Å²) < 4.78 is 0. The van der Waals surface area contributed by atoms with Gasteiger partial charge in [-0.1, -0.05) is 37.3 Å². The van der Waals surface area contributed by atoms with Crippen LogP contribution in [0.2, 0.25) is 0 Å². The van der Waals surface area contributed by atoms with Gasteiger partial charge in [0.2, 0.25) is 0 Å². The summed E-state index contributed by atoms with van der Waals surface area (Å²) in [7, 11) is 1.90. The molecule has 1 atom stereocenters. The van der Waals surface area contributed by atoms with Crippen molar-refractivity contribution >= 4 is 11.6 Å². The van der Waals surface area contributed by atoms with Gasteiger partial charge in [-0.2, -0.15) is 0 Å². The van der Waals surface area contributed by atoms with Crippen LogP contribution in [0, 0.1) is 5.92 Å². The Balaban J connectivity index is 1.99. The minimum atomic E-state index is 0.739. The van der Waals surface area contributed by atoms with Gasteiger partial charge >= 0.3 is 0 Å². The molecule has 2 heterocycles. The second kappa shape index (κ2) is 5.49. The van der Waals surface area contributed by atoms with E-state index < -0.39 is 0 Å². The molecule has 1 N–H and O–H groups in total. The van der Waals surface area contributed by atoms with Gasteiger partial charge in [0, 0.05) is 31.8 Å². The Labute approximate surface area is 119 Å². The second-order valence-corrected chi connectivity index (χ2v) is 5.39. The lowest BCUT2D eigenvalue weighted by Gasteiger charge is -2.18. The summed E-state index contributed by atoms with van der Waals surface area (Å²) in [6.07, 6.45) is 1.24. The van der Waals surface area contributed by atoms with Crippen molar-refractivity contribution in [3.63, 3.8) is 0 Å². The van der Waals surface area contributed by atoms with E-state index in [1.807, 2.05) is 43.4 Å². The summed E-state index contributed by atoms with van der Waals surface area (Å²) in [5, 5.41) is 3.13. The van der Waals surface area contributed by atoms with Crippen LogP contribution in [0.5, 0.6) is 0 Å². The molecule has 0 amide bonds. The summed E-state index contributed by atoms with van der Waals surface area (Å²) in [5.41, 5.74) is 1.05. The molecule has 1 unspecified atom stereocenters. The summed E-state index contributed by atoms with van der Waals surface area (Å²) in [5.74, 6) is 3.41. The number of hydrogen-bond donors (Lipinski definition) is 1. The summed E-state index contributed by atoms with van der Waals surface area (Å²) >= 11 is 0. The zero-order valence-electron chi connectivity index (χ0n) is 12.0. The fraction of sp³-hybridized carbons (Fsp3) is 0.375. The van der Waals surface area contributed by atoms with Crippen LogP contribution >= 0.6 is 0 Å². The maximum Gasteiger partial charge on any atom is 0.163 e. The van der Waals surface area contributed by atoms with Gasteiger partial charge in [-0.3, -0.25) is 0 Å². The number of benzene rings is 1. The van der Waals surface area contributed by atoms with E-state index in [2.05, 4.69) is 22.1 Å². The molecule has 0 saturated carbocycles. The second-order valence-electron chi connectivity index (χ2n) is 5.39. The first kappa shape index (κ1) is 12.9. The Bertz CT molecular complexity index is 582. The first-order valence-electron chi connectivity index (χ1n) is 7.13. The van der Waals surface area contributed by atoms with Crippen molar-refractivity contribution in [1.29, 1.82) is 0 Å². The smallest absolute Gasteiger partial charge is 0.163 e. The quantitative estimate of drug-likeness (QED) is 0.929. The Morgan fingerprint density at radius 1 is 1.20 bits per heavy atom. The molecule has 0 radical (unpaired) electrons. The van der Waals surface area contributed by atoms with Crippen molar-refractivity contribution in [3.05, 3.63) is 36.4 Å². The van der Waals surface area contributed by atoms with E-state index in [0.29, 0.717) is 0 Å². The lowest BCUT2D eigenvalue weighted by molar-refractivity contribution is 0.659. The number of aromatic nitrogens is 2. The zero-order valence-corrected chi connectivity index (χ0v) is 12.0. The van der Waals surface area contributed by atoms with Crippen molar-refractivity contribution in [2.45, 2.75) is 13.3 Å². The molecule has 3 rings (SSSR count). The minimum Gasteiger partial charge on any atom is -0.373 e. The molecule has 20 heavy (non-hydrogen) atoms. The lowest BCUT2D eigenvalue weighted by atomic mass is 10.2. The highest BCUT2D eigenvalue weighted by Gasteiger charge is 2.21. The van der Waals surface area contributed by atoms with Crippen LogP contribution in [0.1, 0.15) is 13.3 Å². The molecular weight excluding hydrogens is 248 g/mol. The average Bonchev–Trinajstić information content (AvgIpc) is 2.94. The molecule has 1 fully saturated rings. The number of hydrogen-bond acceptors (Lipinski definition) is 4. The zero-order chi connectivity index (χ0) is 13.9. The van der Waals surface area contributed by atoms with Crippen LogP contribution in [-0.4, -0.2) is 30.1 Å². The van der Waals surface area contributed by atoms with Gasteiger partial charge in [0.15, 0.2) is 5.82 Å². The normalized spacial score (nSPS) is 18.3. The Hall–Kier alpha value is -2.10. The van der Waals surface area contributed by atoms with Gasteiger partial charge in [0.25, 0.3) is 0 Å². The Morgan fingerprint density at radius 3 is 2.65 bits per heavy atom. The summed E-state index contributed by atoms with van der Waals surface area (Å²) in [6.45, 7) is 4.45. The molecule has 0 bridgehead atoms. The van der Waals surface area contributed by atoms with Gasteiger partial charge < -0.3 is 10.2 Å². The highest BCUT2D eigenvalue weighted by atomic mass is 15.2. The average molecular weight is 268 g/mol. The molecule has 4 heteroatoms. The van der Waals surface area contributed by atoms with Crippen LogP contribution in [0.25, 0.3) is 11.4 Å². The molecule has 0 aliphatic carbocycles. The van der Waals surface area contributed by atoms with Crippen LogP contribution < -0.4 is 10.2 Å². The standard InChI is InChI=1S/C16H20N4/c1-12-8-9-20(11-12)15-10-14(17-2)18-16(19-15)13-6-4-3-5-7-13/h3-7,10,12H,8-9,11H2,1-2H3,(H,17,18,19). The molecule has 1 aromatic carbocycles. The Morgan fingerprint density at radius 2 is 2.00 bits per heavy atom. The third-order valence-corrected chi connectivity index (χ3v) is 3.75. The van der Waals surface area contributed by atoms with E-state index in [9.17, 15) is 0 Å². The molecule has 104 valence electrons. The van der Waals surface area contributed by atoms with Crippen molar-refractivity contribution in [1.82, 2.24) is 9.97 Å². The lowest BCUT2D eigenvalue weighted by Crippen LogP contribution is -2.21. The Kier molecular flexibility index (Phi) is 3.54. The highest BCUT2D eigenvalue weighted by molar-refractivity contribution is 5.61. The fourth-order valence-electron chi connectivity index (χ4n) is 2.58. The maximum absolute atomic E-state index is 4.74. The molecule has 1 aliphatic rings. The largest absolute Gasteiger partial charge is 0.373 e. The van der Waals surface area contributed by atoms with E-state index in [4.69, 9.17) is 4.98 Å². The number of nitrogens with zero attached hydrogens (tertiary/aromatic N) is 3. The van der Waals surface area contributed by atoms with Gasteiger partial charge in [-0.05, 0) is 12.3 Å². The van der Waals surface area contributed by atoms with Gasteiger partial charge in [0.1, 0.15) is 11.6 Å². The maximum atomic E-state index is 4.74. The minimum absolute atomic E-state index is 0.739. The third-order valence-electron chi connectivity index (χ3n) is 3.75. The third kappa shape index (κ3) is 2.59. The number of rotatable bonds is 3. The topological polar surface area (TPSA) is 41.0 Å². The van der Waals surface area contributed by atoms with Crippen molar-refractivity contribution in [2.24, 2.45) is 5.92 Å².